The van der Waals surface area contributed by atoms with Gasteiger partial charge in [-0.2, -0.15) is 13.2 Å². The van der Waals surface area contributed by atoms with E-state index in [1.807, 2.05) is 0 Å². The zero-order valence-corrected chi connectivity index (χ0v) is 19.2. The number of nitrogens with two attached hydrogens (primary N) is 1. The highest BCUT2D eigenvalue weighted by molar-refractivity contribution is 7.86. The number of aromatic nitrogens is 2. The summed E-state index contributed by atoms with van der Waals surface area (Å²) >= 11 is 2.38. The van der Waals surface area contributed by atoms with E-state index in [1.165, 1.54) is 23.5 Å². The number of hydrogen-bond acceptors (Lipinski definition) is 8. The average molecular weight is 519 g/mol. The van der Waals surface area contributed by atoms with Crippen molar-refractivity contribution in [2.24, 2.45) is 5.73 Å². The van der Waals surface area contributed by atoms with Crippen LogP contribution in [0.15, 0.2) is 34.5 Å². The molecule has 3 aromatic rings. The maximum atomic E-state index is 12.5. The number of nitrogens with one attached hydrogen (secondary N) is 1. The van der Waals surface area contributed by atoms with Crippen molar-refractivity contribution < 1.29 is 32.1 Å². The summed E-state index contributed by atoms with van der Waals surface area (Å²) in [6.07, 6.45) is 0.257. The van der Waals surface area contributed by atoms with Crippen LogP contribution in [0.3, 0.4) is 0 Å². The molecule has 0 aliphatic heterocycles. The molecule has 0 aliphatic rings. The van der Waals surface area contributed by atoms with Crippen LogP contribution in [0, 0.1) is 0 Å². The molecule has 0 radical (unpaired) electrons. The Morgan fingerprint density at radius 1 is 1.18 bits per heavy atom. The molecule has 0 fully saturated rings. The summed E-state index contributed by atoms with van der Waals surface area (Å²) in [7, 11) is -3.13. The maximum absolute atomic E-state index is 12.5. The van der Waals surface area contributed by atoms with Crippen molar-refractivity contribution in [3.63, 3.8) is 0 Å². The number of primary amides is 1. The van der Waals surface area contributed by atoms with Gasteiger partial charge < -0.3 is 16.2 Å². The summed E-state index contributed by atoms with van der Waals surface area (Å²) in [6, 6.07) is 4.77. The van der Waals surface area contributed by atoms with E-state index in [0.29, 0.717) is 32.0 Å². The molecule has 176 valence electrons. The molecule has 8 nitrogen and oxygen atoms in total. The van der Waals surface area contributed by atoms with E-state index in [2.05, 4.69) is 15.3 Å². The third-order valence-electron chi connectivity index (χ3n) is 4.18. The second-order valence-electron chi connectivity index (χ2n) is 6.63. The lowest BCUT2D eigenvalue weighted by Gasteiger charge is -2.07. The van der Waals surface area contributed by atoms with Gasteiger partial charge in [0.1, 0.15) is 5.01 Å². The molecule has 0 saturated heterocycles. The number of aliphatic hydroxyl groups excluding tert-OH is 1. The van der Waals surface area contributed by atoms with Gasteiger partial charge in [-0.3, -0.25) is 9.59 Å². The maximum Gasteiger partial charge on any atom is 0.475 e. The molecule has 0 spiro atoms. The molecule has 0 aliphatic carbocycles. The number of nitrogens with zero attached hydrogens (tertiary/aromatic N) is 2. The molecule has 2 aromatic heterocycles. The fourth-order valence-electron chi connectivity index (χ4n) is 2.73. The number of thiazole rings is 2. The average Bonchev–Trinajstić information content (AvgIpc) is 3.38. The van der Waals surface area contributed by atoms with Crippen molar-refractivity contribution in [3.8, 4) is 10.6 Å². The standard InChI is InChI=1S/C19H17F3N4O4S3/c20-19(21,22)33(30)11-3-1-10(2-4-11)7-15(29)26-18-25-13(9-31-18)17-12(5-6-14(23)28)24-16(8-27)32-17/h1-4,9,27H,5-8H2,(H2,23,28)(H,25,26,29). The zero-order valence-electron chi connectivity index (χ0n) is 16.7. The minimum Gasteiger partial charge on any atom is -0.389 e. The largest absolute Gasteiger partial charge is 0.475 e. The number of carbonyl (C=O) groups is 2. The Labute approximate surface area is 196 Å². The Kier molecular flexibility index (Phi) is 7.94. The first-order chi connectivity index (χ1) is 15.6. The van der Waals surface area contributed by atoms with Crippen LogP contribution in [0.5, 0.6) is 0 Å². The van der Waals surface area contributed by atoms with Crippen molar-refractivity contribution in [2.45, 2.75) is 36.3 Å². The van der Waals surface area contributed by atoms with Gasteiger partial charge >= 0.3 is 5.51 Å². The lowest BCUT2D eigenvalue weighted by Crippen LogP contribution is -2.16. The van der Waals surface area contributed by atoms with Gasteiger partial charge in [0.25, 0.3) is 0 Å². The van der Waals surface area contributed by atoms with Crippen molar-refractivity contribution in [1.82, 2.24) is 9.97 Å². The molecule has 1 aromatic carbocycles. The topological polar surface area (TPSA) is 135 Å². The molecule has 3 rings (SSSR count). The van der Waals surface area contributed by atoms with Gasteiger partial charge in [-0.25, -0.2) is 14.2 Å². The predicted molar refractivity (Wildman–Crippen MR) is 118 cm³/mol. The highest BCUT2D eigenvalue weighted by Crippen LogP contribution is 2.33. The zero-order chi connectivity index (χ0) is 24.2. The SMILES string of the molecule is NC(=O)CCc1nc(CO)sc1-c1csc(NC(=O)Cc2ccc(S(=O)C(F)(F)F)cc2)n1. The molecule has 0 bridgehead atoms. The molecule has 14 heteroatoms. The third-order valence-corrected chi connectivity index (χ3v) is 7.16. The Bertz CT molecular complexity index is 1180. The summed E-state index contributed by atoms with van der Waals surface area (Å²) in [5.74, 6) is -0.918. The Morgan fingerprint density at radius 2 is 1.88 bits per heavy atom. The number of halogens is 3. The molecular weight excluding hydrogens is 501 g/mol. The van der Waals surface area contributed by atoms with Crippen LogP contribution in [0.1, 0.15) is 22.7 Å². The first kappa shape index (κ1) is 25.0. The smallest absolute Gasteiger partial charge is 0.389 e. The molecule has 2 amide bonds. The lowest BCUT2D eigenvalue weighted by atomic mass is 10.1. The Hall–Kier alpha value is -2.68. The molecule has 33 heavy (non-hydrogen) atoms. The lowest BCUT2D eigenvalue weighted by molar-refractivity contribution is -0.118. The number of alkyl halides is 3. The molecule has 4 N–H and O–H groups in total. The Balaban J connectivity index is 1.66. The van der Waals surface area contributed by atoms with Crippen LogP contribution in [0.4, 0.5) is 18.3 Å². The van der Waals surface area contributed by atoms with Crippen LogP contribution in [0.25, 0.3) is 10.6 Å². The van der Waals surface area contributed by atoms with Gasteiger partial charge in [0.15, 0.2) is 15.9 Å². The van der Waals surface area contributed by atoms with Crippen molar-refractivity contribution in [2.75, 3.05) is 5.32 Å². The van der Waals surface area contributed by atoms with E-state index in [1.54, 1.807) is 5.38 Å². The molecule has 1 atom stereocenters. The number of rotatable bonds is 9. The third kappa shape index (κ3) is 6.66. The van der Waals surface area contributed by atoms with E-state index >= 15 is 0 Å². The number of hydrogen-bond donors (Lipinski definition) is 3. The number of aliphatic hydroxyl groups is 1. The quantitative estimate of drug-likeness (QED) is 0.399. The summed E-state index contributed by atoms with van der Waals surface area (Å²) in [6.45, 7) is -0.267. The van der Waals surface area contributed by atoms with E-state index in [9.17, 15) is 32.1 Å². The van der Waals surface area contributed by atoms with Gasteiger partial charge in [0.2, 0.25) is 11.8 Å². The minimum atomic E-state index is -4.85. The van der Waals surface area contributed by atoms with Crippen LogP contribution in [0.2, 0.25) is 0 Å². The minimum absolute atomic E-state index is 0.0880. The van der Waals surface area contributed by atoms with Crippen LogP contribution in [-0.2, 0) is 39.8 Å². The van der Waals surface area contributed by atoms with E-state index in [4.69, 9.17) is 5.73 Å². The van der Waals surface area contributed by atoms with E-state index < -0.39 is 33.0 Å². The molecule has 2 heterocycles. The van der Waals surface area contributed by atoms with Crippen molar-refractivity contribution in [1.29, 1.82) is 0 Å². The number of carbonyl (C=O) groups excluding carboxylic acids is 2. The molecular formula is C19H17F3N4O4S3. The number of amides is 2. The second-order valence-corrected chi connectivity index (χ2v) is 10.0. The fraction of sp³-hybridized carbons (Fsp3) is 0.263. The van der Waals surface area contributed by atoms with Crippen LogP contribution >= 0.6 is 22.7 Å². The first-order valence-electron chi connectivity index (χ1n) is 9.28. The predicted octanol–water partition coefficient (Wildman–Crippen LogP) is 2.99. The van der Waals surface area contributed by atoms with Gasteiger partial charge in [-0.05, 0) is 24.1 Å². The summed E-state index contributed by atoms with van der Waals surface area (Å²) in [5, 5.41) is 14.4. The number of anilines is 1. The van der Waals surface area contributed by atoms with Crippen LogP contribution in [-0.4, -0.2) is 36.6 Å². The van der Waals surface area contributed by atoms with Gasteiger partial charge in [-0.1, -0.05) is 12.1 Å². The van der Waals surface area contributed by atoms with Gasteiger partial charge in [0, 0.05) is 16.7 Å². The summed E-state index contributed by atoms with van der Waals surface area (Å²) in [5.41, 5.74) is 1.88. The molecule has 0 saturated carbocycles. The number of benzene rings is 1. The first-order valence-corrected chi connectivity index (χ1v) is 12.1. The van der Waals surface area contributed by atoms with E-state index in [0.717, 1.165) is 23.5 Å². The summed E-state index contributed by atoms with van der Waals surface area (Å²) in [4.78, 5) is 32.3. The van der Waals surface area contributed by atoms with Crippen LogP contribution < -0.4 is 11.1 Å². The Morgan fingerprint density at radius 3 is 2.48 bits per heavy atom. The van der Waals surface area contributed by atoms with E-state index in [-0.39, 0.29) is 25.9 Å². The highest BCUT2D eigenvalue weighted by atomic mass is 32.2. The van der Waals surface area contributed by atoms with Gasteiger partial charge in [-0.15, -0.1) is 22.7 Å². The monoisotopic (exact) mass is 518 g/mol. The van der Waals surface area contributed by atoms with Gasteiger partial charge in [0.05, 0.1) is 29.3 Å². The molecule has 1 unspecified atom stereocenters. The van der Waals surface area contributed by atoms with Crippen molar-refractivity contribution in [3.05, 3.63) is 45.9 Å². The fourth-order valence-corrected chi connectivity index (χ4v) is 5.10. The highest BCUT2D eigenvalue weighted by Gasteiger charge is 2.37. The van der Waals surface area contributed by atoms with Crippen molar-refractivity contribution >= 4 is 50.4 Å². The second kappa shape index (κ2) is 10.5. The normalized spacial score (nSPS) is 12.5. The summed E-state index contributed by atoms with van der Waals surface area (Å²) < 4.78 is 48.9. The number of aryl methyl sites for hydroxylation is 1.